The molecular formula is C11H15N3O5S. The van der Waals surface area contributed by atoms with Gasteiger partial charge in [0.05, 0.1) is 12.8 Å². The van der Waals surface area contributed by atoms with Crippen LogP contribution in [0, 0.1) is 0 Å². The van der Waals surface area contributed by atoms with Crippen molar-refractivity contribution in [2.75, 3.05) is 26.4 Å². The second kappa shape index (κ2) is 5.88. The molecule has 0 aromatic heterocycles. The Balaban J connectivity index is 3.16. The number of likely N-dealkylation sites (N-methyl/N-ethyl adjacent to an activating group) is 1. The molecule has 1 rings (SSSR count). The fraction of sp³-hybridized carbons (Fsp3) is 0.273. The number of esters is 1. The summed E-state index contributed by atoms with van der Waals surface area (Å²) in [6.45, 7) is -0.449. The van der Waals surface area contributed by atoms with Crippen LogP contribution in [0.5, 0.6) is 0 Å². The number of anilines is 1. The molecule has 0 aliphatic rings. The first-order valence-corrected chi connectivity index (χ1v) is 6.86. The molecule has 4 N–H and O–H groups in total. The van der Waals surface area contributed by atoms with Crippen molar-refractivity contribution >= 4 is 27.6 Å². The predicted molar refractivity (Wildman–Crippen MR) is 71.2 cm³/mol. The van der Waals surface area contributed by atoms with Crippen LogP contribution in [0.4, 0.5) is 5.69 Å². The molecule has 0 radical (unpaired) electrons. The summed E-state index contributed by atoms with van der Waals surface area (Å²) in [5.41, 5.74) is 10.7. The molecule has 0 unspecified atom stereocenters. The van der Waals surface area contributed by atoms with Gasteiger partial charge in [-0.25, -0.2) is 8.42 Å². The Morgan fingerprint density at radius 2 is 1.95 bits per heavy atom. The fourth-order valence-corrected chi connectivity index (χ4v) is 2.64. The number of carbonyl (C=O) groups is 2. The number of methoxy groups -OCH3 is 1. The van der Waals surface area contributed by atoms with E-state index in [1.165, 1.54) is 25.2 Å². The van der Waals surface area contributed by atoms with Crippen molar-refractivity contribution in [3.8, 4) is 0 Å². The Bertz CT molecular complexity index is 641. The molecule has 0 saturated carbocycles. The van der Waals surface area contributed by atoms with Crippen molar-refractivity contribution in [1.82, 2.24) is 4.31 Å². The van der Waals surface area contributed by atoms with Crippen molar-refractivity contribution in [2.45, 2.75) is 4.90 Å². The van der Waals surface area contributed by atoms with Gasteiger partial charge in [0.2, 0.25) is 15.9 Å². The number of ether oxygens (including phenoxy) is 1. The third-order valence-electron chi connectivity index (χ3n) is 2.56. The highest BCUT2D eigenvalue weighted by atomic mass is 32.2. The summed E-state index contributed by atoms with van der Waals surface area (Å²) >= 11 is 0. The lowest BCUT2D eigenvalue weighted by Crippen LogP contribution is -2.33. The van der Waals surface area contributed by atoms with E-state index in [0.717, 1.165) is 11.4 Å². The second-order valence-corrected chi connectivity index (χ2v) is 5.97. The number of primary amides is 1. The molecule has 0 aliphatic heterocycles. The average Bonchev–Trinajstić information content (AvgIpc) is 2.37. The average molecular weight is 301 g/mol. The van der Waals surface area contributed by atoms with Crippen LogP contribution in [0.1, 0.15) is 10.4 Å². The maximum Gasteiger partial charge on any atom is 0.321 e. The standard InChI is InChI=1S/C11H15N3O5S/c1-14(6-10(15)19-2)20(17,18)9-4-3-7(11(13)16)5-8(9)12/h3-5H,6,12H2,1-2H3,(H2,13,16). The van der Waals surface area contributed by atoms with Crippen LogP contribution < -0.4 is 11.5 Å². The lowest BCUT2D eigenvalue weighted by atomic mass is 10.2. The van der Waals surface area contributed by atoms with Crippen molar-refractivity contribution in [3.05, 3.63) is 23.8 Å². The molecule has 0 bridgehead atoms. The molecule has 0 spiro atoms. The van der Waals surface area contributed by atoms with Crippen LogP contribution >= 0.6 is 0 Å². The van der Waals surface area contributed by atoms with E-state index < -0.39 is 28.4 Å². The summed E-state index contributed by atoms with van der Waals surface area (Å²) in [4.78, 5) is 21.9. The van der Waals surface area contributed by atoms with Gasteiger partial charge < -0.3 is 16.2 Å². The third kappa shape index (κ3) is 3.25. The van der Waals surface area contributed by atoms with Gasteiger partial charge in [-0.05, 0) is 18.2 Å². The number of amides is 1. The van der Waals surface area contributed by atoms with Gasteiger partial charge in [0, 0.05) is 12.6 Å². The summed E-state index contributed by atoms with van der Waals surface area (Å²) in [6.07, 6.45) is 0. The molecule has 1 aromatic carbocycles. The molecule has 8 nitrogen and oxygen atoms in total. The first kappa shape index (κ1) is 15.9. The van der Waals surface area contributed by atoms with E-state index in [2.05, 4.69) is 4.74 Å². The molecule has 110 valence electrons. The van der Waals surface area contributed by atoms with Crippen LogP contribution in [0.15, 0.2) is 23.1 Å². The highest BCUT2D eigenvalue weighted by Crippen LogP contribution is 2.22. The topological polar surface area (TPSA) is 133 Å². The van der Waals surface area contributed by atoms with Gasteiger partial charge in [0.25, 0.3) is 0 Å². The number of nitrogen functional groups attached to an aromatic ring is 1. The second-order valence-electron chi connectivity index (χ2n) is 3.95. The van der Waals surface area contributed by atoms with Gasteiger partial charge in [-0.15, -0.1) is 0 Å². The number of benzene rings is 1. The minimum Gasteiger partial charge on any atom is -0.468 e. The van der Waals surface area contributed by atoms with Gasteiger partial charge >= 0.3 is 5.97 Å². The number of sulfonamides is 1. The van der Waals surface area contributed by atoms with Gasteiger partial charge in [-0.2, -0.15) is 4.31 Å². The summed E-state index contributed by atoms with van der Waals surface area (Å²) in [6, 6.07) is 3.58. The van der Waals surface area contributed by atoms with Crippen molar-refractivity contribution in [2.24, 2.45) is 5.73 Å². The summed E-state index contributed by atoms with van der Waals surface area (Å²) in [5.74, 6) is -1.42. The minimum atomic E-state index is -3.96. The van der Waals surface area contributed by atoms with E-state index in [0.29, 0.717) is 0 Å². The van der Waals surface area contributed by atoms with Crippen molar-refractivity contribution in [3.63, 3.8) is 0 Å². The zero-order valence-corrected chi connectivity index (χ0v) is 11.8. The quantitative estimate of drug-likeness (QED) is 0.538. The minimum absolute atomic E-state index is 0.0945. The van der Waals surface area contributed by atoms with Gasteiger partial charge in [-0.1, -0.05) is 0 Å². The number of hydrogen-bond donors (Lipinski definition) is 2. The maximum atomic E-state index is 12.2. The van der Waals surface area contributed by atoms with E-state index in [-0.39, 0.29) is 16.1 Å². The zero-order valence-electron chi connectivity index (χ0n) is 11.0. The van der Waals surface area contributed by atoms with Crippen LogP contribution in [-0.4, -0.2) is 45.3 Å². The largest absolute Gasteiger partial charge is 0.468 e. The zero-order chi connectivity index (χ0) is 15.5. The van der Waals surface area contributed by atoms with Crippen LogP contribution in [0.2, 0.25) is 0 Å². The summed E-state index contributed by atoms with van der Waals surface area (Å²) in [5, 5.41) is 0. The van der Waals surface area contributed by atoms with E-state index in [1.807, 2.05) is 0 Å². The summed E-state index contributed by atoms with van der Waals surface area (Å²) < 4.78 is 29.6. The predicted octanol–water partition coefficient (Wildman–Crippen LogP) is -0.839. The highest BCUT2D eigenvalue weighted by Gasteiger charge is 2.25. The van der Waals surface area contributed by atoms with Crippen LogP contribution in [-0.2, 0) is 19.6 Å². The molecular weight excluding hydrogens is 286 g/mol. The van der Waals surface area contributed by atoms with Crippen LogP contribution in [0.25, 0.3) is 0 Å². The monoisotopic (exact) mass is 301 g/mol. The molecule has 0 aliphatic carbocycles. The maximum absolute atomic E-state index is 12.2. The van der Waals surface area contributed by atoms with E-state index >= 15 is 0 Å². The lowest BCUT2D eigenvalue weighted by molar-refractivity contribution is -0.140. The molecule has 0 saturated heterocycles. The smallest absolute Gasteiger partial charge is 0.321 e. The molecule has 0 fully saturated rings. The van der Waals surface area contributed by atoms with E-state index in [4.69, 9.17) is 11.5 Å². The lowest BCUT2D eigenvalue weighted by Gasteiger charge is -2.17. The Labute approximate surface area is 116 Å². The Morgan fingerprint density at radius 3 is 2.40 bits per heavy atom. The highest BCUT2D eigenvalue weighted by molar-refractivity contribution is 7.89. The number of hydrogen-bond acceptors (Lipinski definition) is 6. The number of nitrogens with zero attached hydrogens (tertiary/aromatic N) is 1. The number of nitrogens with two attached hydrogens (primary N) is 2. The van der Waals surface area contributed by atoms with Gasteiger partial charge in [0.15, 0.2) is 0 Å². The van der Waals surface area contributed by atoms with Crippen LogP contribution in [0.3, 0.4) is 0 Å². The molecule has 1 amide bonds. The number of rotatable bonds is 5. The first-order chi connectivity index (χ1) is 9.20. The molecule has 9 heteroatoms. The molecule has 0 atom stereocenters. The molecule has 0 heterocycles. The summed E-state index contributed by atoms with van der Waals surface area (Å²) in [7, 11) is -1.59. The Kier molecular flexibility index (Phi) is 4.69. The fourth-order valence-electron chi connectivity index (χ4n) is 1.44. The van der Waals surface area contributed by atoms with E-state index in [1.54, 1.807) is 0 Å². The molecule has 1 aromatic rings. The molecule has 20 heavy (non-hydrogen) atoms. The number of carbonyl (C=O) groups excluding carboxylic acids is 2. The SMILES string of the molecule is COC(=O)CN(C)S(=O)(=O)c1ccc(C(N)=O)cc1N. The van der Waals surface area contributed by atoms with Crippen molar-refractivity contribution < 1.29 is 22.7 Å². The normalized spacial score (nSPS) is 11.3. The van der Waals surface area contributed by atoms with E-state index in [9.17, 15) is 18.0 Å². The third-order valence-corrected chi connectivity index (χ3v) is 4.44. The van der Waals surface area contributed by atoms with Gasteiger partial charge in [0.1, 0.15) is 11.4 Å². The Morgan fingerprint density at radius 1 is 1.35 bits per heavy atom. The first-order valence-electron chi connectivity index (χ1n) is 5.42. The Hall–Kier alpha value is -2.13. The van der Waals surface area contributed by atoms with Crippen molar-refractivity contribution in [1.29, 1.82) is 0 Å². The van der Waals surface area contributed by atoms with Gasteiger partial charge in [-0.3, -0.25) is 9.59 Å².